The van der Waals surface area contributed by atoms with Gasteiger partial charge in [-0.25, -0.2) is 4.98 Å². The lowest BCUT2D eigenvalue weighted by Crippen LogP contribution is -1.96. The molecule has 0 atom stereocenters. The van der Waals surface area contributed by atoms with E-state index >= 15 is 0 Å². The van der Waals surface area contributed by atoms with Gasteiger partial charge in [-0.05, 0) is 49.4 Å². The molecule has 158 valence electrons. The number of nitriles is 1. The fraction of sp³-hybridized carbons (Fsp3) is 0.0769. The summed E-state index contributed by atoms with van der Waals surface area (Å²) in [4.78, 5) is 5.80. The number of ether oxygens (including phenoxy) is 1. The zero-order valence-corrected chi connectivity index (χ0v) is 19.7. The van der Waals surface area contributed by atoms with Crippen LogP contribution in [-0.4, -0.2) is 12.1 Å². The molecular weight excluding hydrogens is 459 g/mol. The van der Waals surface area contributed by atoms with Gasteiger partial charge in [0.15, 0.2) is 0 Å². The van der Waals surface area contributed by atoms with Crippen LogP contribution in [0.1, 0.15) is 11.1 Å². The van der Waals surface area contributed by atoms with E-state index in [4.69, 9.17) is 32.9 Å². The second-order valence-corrected chi connectivity index (χ2v) is 9.02. The number of hydrogen-bond acceptors (Lipinski definition) is 4. The van der Waals surface area contributed by atoms with Crippen molar-refractivity contribution < 1.29 is 4.74 Å². The summed E-state index contributed by atoms with van der Waals surface area (Å²) in [5, 5.41) is 11.7. The maximum atomic E-state index is 10.1. The Kier molecular flexibility index (Phi) is 6.72. The third-order valence-corrected chi connectivity index (χ3v) is 6.49. The highest BCUT2D eigenvalue weighted by Crippen LogP contribution is 2.40. The predicted molar refractivity (Wildman–Crippen MR) is 132 cm³/mol. The number of aromatic nitrogens is 1. The summed E-state index contributed by atoms with van der Waals surface area (Å²) < 4.78 is 5.25. The summed E-state index contributed by atoms with van der Waals surface area (Å²) >= 11 is 14.1. The number of benzene rings is 3. The van der Waals surface area contributed by atoms with Crippen LogP contribution in [0, 0.1) is 18.3 Å². The predicted octanol–water partition coefficient (Wildman–Crippen LogP) is 8.06. The molecule has 0 radical (unpaired) electrons. The smallest absolute Gasteiger partial charge is 0.120 e. The minimum atomic E-state index is 0.464. The van der Waals surface area contributed by atoms with Gasteiger partial charge in [0.2, 0.25) is 0 Å². The van der Waals surface area contributed by atoms with E-state index in [1.165, 1.54) is 11.8 Å². The first-order chi connectivity index (χ1) is 15.5. The van der Waals surface area contributed by atoms with Gasteiger partial charge >= 0.3 is 0 Å². The van der Waals surface area contributed by atoms with Crippen LogP contribution in [0.15, 0.2) is 82.7 Å². The molecule has 0 fully saturated rings. The molecule has 4 rings (SSSR count). The van der Waals surface area contributed by atoms with Gasteiger partial charge in [-0.3, -0.25) is 0 Å². The normalized spacial score (nSPS) is 10.6. The summed E-state index contributed by atoms with van der Waals surface area (Å²) in [5.74, 6) is 0.768. The summed E-state index contributed by atoms with van der Waals surface area (Å²) in [6, 6.07) is 25.3. The number of rotatable bonds is 5. The Hall–Kier alpha value is -2.97. The lowest BCUT2D eigenvalue weighted by atomic mass is 9.99. The Balaban J connectivity index is 1.91. The van der Waals surface area contributed by atoms with Gasteiger partial charge < -0.3 is 4.74 Å². The van der Waals surface area contributed by atoms with E-state index in [1.54, 1.807) is 19.2 Å². The zero-order chi connectivity index (χ0) is 22.7. The Morgan fingerprint density at radius 1 is 0.906 bits per heavy atom. The maximum Gasteiger partial charge on any atom is 0.120 e. The van der Waals surface area contributed by atoms with Gasteiger partial charge in [-0.2, -0.15) is 5.26 Å². The van der Waals surface area contributed by atoms with Gasteiger partial charge in [0.1, 0.15) is 16.8 Å². The Morgan fingerprint density at radius 2 is 1.62 bits per heavy atom. The highest BCUT2D eigenvalue weighted by molar-refractivity contribution is 7.99. The molecule has 3 aromatic carbocycles. The van der Waals surface area contributed by atoms with Crippen LogP contribution < -0.4 is 4.74 Å². The van der Waals surface area contributed by atoms with E-state index in [9.17, 15) is 5.26 Å². The quantitative estimate of drug-likeness (QED) is 0.292. The maximum absolute atomic E-state index is 10.1. The molecule has 32 heavy (non-hydrogen) atoms. The number of halogens is 2. The molecule has 3 nitrogen and oxygen atoms in total. The van der Waals surface area contributed by atoms with Gasteiger partial charge in [-0.1, -0.05) is 70.9 Å². The van der Waals surface area contributed by atoms with Crippen LogP contribution in [-0.2, 0) is 0 Å². The number of pyridine rings is 1. The molecule has 6 heteroatoms. The highest BCUT2D eigenvalue weighted by Gasteiger charge is 2.18. The van der Waals surface area contributed by atoms with Crippen LogP contribution >= 0.6 is 35.0 Å². The summed E-state index contributed by atoms with van der Waals surface area (Å²) in [6.07, 6.45) is 0. The molecule has 0 aliphatic carbocycles. The average Bonchev–Trinajstić information content (AvgIpc) is 2.79. The summed E-state index contributed by atoms with van der Waals surface area (Å²) in [6.45, 7) is 2.04. The molecule has 4 aromatic rings. The third kappa shape index (κ3) is 4.76. The van der Waals surface area contributed by atoms with Crippen molar-refractivity contribution in [3.8, 4) is 34.2 Å². The van der Waals surface area contributed by atoms with Gasteiger partial charge in [0.05, 0.1) is 18.4 Å². The second-order valence-electron chi connectivity index (χ2n) is 7.11. The molecule has 0 saturated heterocycles. The van der Waals surface area contributed by atoms with Crippen molar-refractivity contribution in [2.75, 3.05) is 7.11 Å². The monoisotopic (exact) mass is 476 g/mol. The molecule has 1 aromatic heterocycles. The number of methoxy groups -OCH3 is 1. The Morgan fingerprint density at radius 3 is 2.25 bits per heavy atom. The minimum Gasteiger partial charge on any atom is -0.497 e. The fourth-order valence-corrected chi connectivity index (χ4v) is 4.66. The van der Waals surface area contributed by atoms with E-state index < -0.39 is 0 Å². The van der Waals surface area contributed by atoms with Crippen LogP contribution in [0.5, 0.6) is 5.75 Å². The van der Waals surface area contributed by atoms with Crippen LogP contribution in [0.2, 0.25) is 10.0 Å². The van der Waals surface area contributed by atoms with Gasteiger partial charge in [0.25, 0.3) is 0 Å². The number of nitrogens with zero attached hydrogens (tertiary/aromatic N) is 2. The minimum absolute atomic E-state index is 0.464. The van der Waals surface area contributed by atoms with E-state index in [0.717, 1.165) is 38.6 Å². The van der Waals surface area contributed by atoms with Crippen molar-refractivity contribution >= 4 is 35.0 Å². The van der Waals surface area contributed by atoms with Crippen molar-refractivity contribution in [2.45, 2.75) is 16.8 Å². The molecule has 1 heterocycles. The van der Waals surface area contributed by atoms with Gasteiger partial charge in [0, 0.05) is 31.6 Å². The SMILES string of the molecule is COc1ccc(Sc2nc(-c3ccc(C)cc3)cc(-c3ccc(Cl)cc3Cl)c2C#N)cc1. The van der Waals surface area contributed by atoms with Crippen molar-refractivity contribution in [2.24, 2.45) is 0 Å². The first-order valence-electron chi connectivity index (χ1n) is 9.78. The van der Waals surface area contributed by atoms with Crippen LogP contribution in [0.25, 0.3) is 22.4 Å². The largest absolute Gasteiger partial charge is 0.497 e. The van der Waals surface area contributed by atoms with Crippen LogP contribution in [0.4, 0.5) is 0 Å². The van der Waals surface area contributed by atoms with Crippen molar-refractivity contribution in [1.29, 1.82) is 5.26 Å². The van der Waals surface area contributed by atoms with E-state index in [-0.39, 0.29) is 0 Å². The van der Waals surface area contributed by atoms with E-state index in [2.05, 4.69) is 6.07 Å². The molecule has 0 bridgehead atoms. The molecule has 0 spiro atoms. The molecule has 0 N–H and O–H groups in total. The first-order valence-corrected chi connectivity index (χ1v) is 11.3. The standard InChI is InChI=1S/C26H18Cl2N2OS/c1-16-3-5-17(6-4-16)25-14-22(21-12-7-18(27)13-24(21)28)23(15-29)26(30-25)32-20-10-8-19(31-2)9-11-20/h3-14H,1-2H3. The van der Waals surface area contributed by atoms with Gasteiger partial charge in [-0.15, -0.1) is 0 Å². The highest BCUT2D eigenvalue weighted by atomic mass is 35.5. The van der Waals surface area contributed by atoms with Crippen molar-refractivity contribution in [3.05, 3.63) is 94.0 Å². The lowest BCUT2D eigenvalue weighted by Gasteiger charge is -2.14. The first kappa shape index (κ1) is 22.2. The van der Waals surface area contributed by atoms with Crippen molar-refractivity contribution in [3.63, 3.8) is 0 Å². The van der Waals surface area contributed by atoms with E-state index in [1.807, 2.05) is 67.6 Å². The molecule has 0 amide bonds. The summed E-state index contributed by atoms with van der Waals surface area (Å²) in [7, 11) is 1.63. The Bertz CT molecular complexity index is 1310. The second kappa shape index (κ2) is 9.67. The van der Waals surface area contributed by atoms with Crippen molar-refractivity contribution in [1.82, 2.24) is 4.98 Å². The Labute approximate surface area is 201 Å². The lowest BCUT2D eigenvalue weighted by molar-refractivity contribution is 0.414. The average molecular weight is 477 g/mol. The summed E-state index contributed by atoms with van der Waals surface area (Å²) in [5.41, 5.74) is 4.81. The molecule has 0 saturated carbocycles. The molecular formula is C26H18Cl2N2OS. The number of hydrogen-bond donors (Lipinski definition) is 0. The molecule has 0 aliphatic rings. The molecule has 0 aliphatic heterocycles. The fourth-order valence-electron chi connectivity index (χ4n) is 3.25. The van der Waals surface area contributed by atoms with Crippen LogP contribution in [0.3, 0.4) is 0 Å². The topological polar surface area (TPSA) is 45.9 Å². The van der Waals surface area contributed by atoms with E-state index in [0.29, 0.717) is 20.6 Å². The molecule has 0 unspecified atom stereocenters. The zero-order valence-electron chi connectivity index (χ0n) is 17.4. The third-order valence-electron chi connectivity index (χ3n) is 4.94. The number of aryl methyl sites for hydroxylation is 1.